The molecule has 1 fully saturated rings. The van der Waals surface area contributed by atoms with Gasteiger partial charge < -0.3 is 0 Å². The first-order chi connectivity index (χ1) is 10.6. The Bertz CT molecular complexity index is 812. The summed E-state index contributed by atoms with van der Waals surface area (Å²) in [5, 5.41) is 9.55. The first kappa shape index (κ1) is 16.9. The zero-order chi connectivity index (χ0) is 17.4. The van der Waals surface area contributed by atoms with Crippen LogP contribution in [-0.2, 0) is 19.4 Å². The number of carbonyl (C=O) groups excluding carboxylic acids is 3. The lowest BCUT2D eigenvalue weighted by Gasteiger charge is -2.24. The molecule has 0 spiro atoms. The van der Waals surface area contributed by atoms with Crippen molar-refractivity contribution in [2.24, 2.45) is 5.92 Å². The van der Waals surface area contributed by atoms with Gasteiger partial charge in [0.25, 0.3) is 5.69 Å². The van der Waals surface area contributed by atoms with Crippen LogP contribution in [0.3, 0.4) is 0 Å². The van der Waals surface area contributed by atoms with Crippen LogP contribution in [0.5, 0.6) is 0 Å². The number of nitro groups is 1. The first-order valence-electron chi connectivity index (χ1n) is 6.67. The number of nitro benzene ring substituents is 1. The predicted octanol–water partition coefficient (Wildman–Crippen LogP) is 0.739. The fourth-order valence-corrected chi connectivity index (χ4v) is 3.71. The van der Waals surface area contributed by atoms with E-state index >= 15 is 0 Å². The number of carbonyl (C=O) groups is 3. The largest absolute Gasteiger partial charge is 0.298 e. The van der Waals surface area contributed by atoms with Gasteiger partial charge in [-0.1, -0.05) is 12.1 Å². The molecule has 1 aliphatic carbocycles. The number of sulfone groups is 1. The van der Waals surface area contributed by atoms with Crippen LogP contribution in [0.4, 0.5) is 5.69 Å². The summed E-state index contributed by atoms with van der Waals surface area (Å²) in [6.45, 7) is 0. The van der Waals surface area contributed by atoms with Crippen molar-refractivity contribution in [3.8, 4) is 0 Å². The topological polar surface area (TPSA) is 128 Å². The second-order valence-electron chi connectivity index (χ2n) is 5.30. The molecule has 8 nitrogen and oxygen atoms in total. The van der Waals surface area contributed by atoms with Crippen LogP contribution >= 0.6 is 0 Å². The summed E-state index contributed by atoms with van der Waals surface area (Å²) in [5.41, 5.74) is -0.905. The van der Waals surface area contributed by atoms with Gasteiger partial charge >= 0.3 is 0 Å². The van der Waals surface area contributed by atoms with Crippen LogP contribution in [0.25, 0.3) is 0 Å². The van der Waals surface area contributed by atoms with Gasteiger partial charge in [0, 0.05) is 18.7 Å². The van der Waals surface area contributed by atoms with E-state index in [-0.39, 0.29) is 18.4 Å². The van der Waals surface area contributed by atoms with Gasteiger partial charge in [-0.3, -0.25) is 24.5 Å². The minimum absolute atomic E-state index is 0.169. The maximum Gasteiger partial charge on any atom is 0.280 e. The van der Waals surface area contributed by atoms with Crippen LogP contribution in [-0.4, -0.2) is 42.2 Å². The molecule has 2 atom stereocenters. The average Bonchev–Trinajstić information content (AvgIpc) is 2.45. The highest BCUT2D eigenvalue weighted by atomic mass is 32.2. The molecule has 122 valence electrons. The number of nitrogens with zero attached hydrogens (tertiary/aromatic N) is 1. The lowest BCUT2D eigenvalue weighted by atomic mass is 9.81. The minimum atomic E-state index is -3.76. The van der Waals surface area contributed by atoms with Crippen molar-refractivity contribution >= 4 is 32.9 Å². The SMILES string of the molecule is CS(=O)(=O)C1CCC(=O)C(C(=O)c2ccccc2[N+](=O)[O-])C1=O. The third-order valence-corrected chi connectivity index (χ3v) is 5.22. The van der Waals surface area contributed by atoms with Crippen LogP contribution in [0.2, 0.25) is 0 Å². The highest BCUT2D eigenvalue weighted by molar-refractivity contribution is 7.92. The molecule has 0 radical (unpaired) electrons. The second-order valence-corrected chi connectivity index (χ2v) is 7.53. The smallest absolute Gasteiger partial charge is 0.280 e. The van der Waals surface area contributed by atoms with Gasteiger partial charge in [0.15, 0.2) is 27.2 Å². The van der Waals surface area contributed by atoms with E-state index in [1.165, 1.54) is 12.1 Å². The van der Waals surface area contributed by atoms with Crippen LogP contribution in [0.15, 0.2) is 24.3 Å². The summed E-state index contributed by atoms with van der Waals surface area (Å²) in [6, 6.07) is 4.94. The molecule has 1 aromatic rings. The maximum atomic E-state index is 12.5. The zero-order valence-corrected chi connectivity index (χ0v) is 12.9. The molecule has 0 saturated heterocycles. The fourth-order valence-electron chi connectivity index (χ4n) is 2.60. The highest BCUT2D eigenvalue weighted by Gasteiger charge is 2.46. The molecule has 0 bridgehead atoms. The van der Waals surface area contributed by atoms with Crippen molar-refractivity contribution in [1.29, 1.82) is 0 Å². The molecule has 1 aliphatic rings. The third kappa shape index (κ3) is 3.19. The van der Waals surface area contributed by atoms with E-state index in [0.29, 0.717) is 0 Å². The van der Waals surface area contributed by atoms with Gasteiger partial charge in [-0.05, 0) is 12.5 Å². The summed E-state index contributed by atoms with van der Waals surface area (Å²) in [6.07, 6.45) is 0.454. The summed E-state index contributed by atoms with van der Waals surface area (Å²) in [4.78, 5) is 46.9. The van der Waals surface area contributed by atoms with Crippen LogP contribution < -0.4 is 0 Å². The Morgan fingerprint density at radius 3 is 2.43 bits per heavy atom. The number of hydrogen-bond donors (Lipinski definition) is 0. The van der Waals surface area contributed by atoms with E-state index in [0.717, 1.165) is 18.4 Å². The van der Waals surface area contributed by atoms with Gasteiger partial charge in [0.05, 0.1) is 10.5 Å². The van der Waals surface area contributed by atoms with Crippen molar-refractivity contribution in [1.82, 2.24) is 0 Å². The maximum absolute atomic E-state index is 12.5. The molecule has 1 saturated carbocycles. The summed E-state index contributed by atoms with van der Waals surface area (Å²) >= 11 is 0. The molecule has 1 aromatic carbocycles. The number of Topliss-reactive ketones (excluding diaryl/α,β-unsaturated/α-hetero) is 3. The molecule has 2 rings (SSSR count). The van der Waals surface area contributed by atoms with E-state index in [9.17, 15) is 32.9 Å². The lowest BCUT2D eigenvalue weighted by Crippen LogP contribution is -2.46. The summed E-state index contributed by atoms with van der Waals surface area (Å²) < 4.78 is 23.3. The predicted molar refractivity (Wildman–Crippen MR) is 78.8 cm³/mol. The van der Waals surface area contributed by atoms with Crippen molar-refractivity contribution in [3.05, 3.63) is 39.9 Å². The number of ketones is 3. The Balaban J connectivity index is 2.47. The van der Waals surface area contributed by atoms with Gasteiger partial charge in [0.2, 0.25) is 0 Å². The second kappa shape index (κ2) is 5.99. The minimum Gasteiger partial charge on any atom is -0.298 e. The Morgan fingerprint density at radius 1 is 1.26 bits per heavy atom. The summed E-state index contributed by atoms with van der Waals surface area (Å²) in [5.74, 6) is -4.55. The normalized spacial score (nSPS) is 22.0. The van der Waals surface area contributed by atoms with Crippen LogP contribution in [0, 0.1) is 16.0 Å². The summed E-state index contributed by atoms with van der Waals surface area (Å²) in [7, 11) is -3.76. The van der Waals surface area contributed by atoms with Gasteiger partial charge in [0.1, 0.15) is 11.2 Å². The number of benzene rings is 1. The van der Waals surface area contributed by atoms with Crippen molar-refractivity contribution in [3.63, 3.8) is 0 Å². The molecule has 2 unspecified atom stereocenters. The van der Waals surface area contributed by atoms with Crippen molar-refractivity contribution in [2.45, 2.75) is 18.1 Å². The molecular weight excluding hydrogens is 326 g/mol. The quantitative estimate of drug-likeness (QED) is 0.342. The first-order valence-corrected chi connectivity index (χ1v) is 8.63. The molecule has 23 heavy (non-hydrogen) atoms. The molecule has 0 aliphatic heterocycles. The Hall–Kier alpha value is -2.42. The number of rotatable bonds is 4. The van der Waals surface area contributed by atoms with Crippen molar-refractivity contribution in [2.75, 3.05) is 6.26 Å². The lowest BCUT2D eigenvalue weighted by molar-refractivity contribution is -0.385. The van der Waals surface area contributed by atoms with E-state index in [1.54, 1.807) is 0 Å². The van der Waals surface area contributed by atoms with Gasteiger partial charge in [-0.2, -0.15) is 0 Å². The molecule has 0 N–H and O–H groups in total. The molecule has 9 heteroatoms. The van der Waals surface area contributed by atoms with E-state index in [1.807, 2.05) is 0 Å². The standard InChI is InChI=1S/C14H13NO7S/c1-23(21,22)11-7-6-10(16)12(14(11)18)13(17)8-4-2-3-5-9(8)15(19)20/h2-5,11-12H,6-7H2,1H3. The molecular formula is C14H13NO7S. The number of hydrogen-bond acceptors (Lipinski definition) is 7. The zero-order valence-electron chi connectivity index (χ0n) is 12.1. The van der Waals surface area contributed by atoms with Gasteiger partial charge in [-0.25, -0.2) is 8.42 Å². The molecule has 0 heterocycles. The average molecular weight is 339 g/mol. The monoisotopic (exact) mass is 339 g/mol. The Labute approximate surface area is 131 Å². The Morgan fingerprint density at radius 2 is 1.87 bits per heavy atom. The number of para-hydroxylation sites is 1. The fraction of sp³-hybridized carbons (Fsp3) is 0.357. The Kier molecular flexibility index (Phi) is 4.42. The molecule has 0 amide bonds. The van der Waals surface area contributed by atoms with E-state index < -0.39 is 49.0 Å². The third-order valence-electron chi connectivity index (χ3n) is 3.72. The highest BCUT2D eigenvalue weighted by Crippen LogP contribution is 2.28. The molecule has 0 aromatic heterocycles. The van der Waals surface area contributed by atoms with Crippen LogP contribution in [0.1, 0.15) is 23.2 Å². The van der Waals surface area contributed by atoms with E-state index in [4.69, 9.17) is 0 Å². The van der Waals surface area contributed by atoms with Gasteiger partial charge in [-0.15, -0.1) is 0 Å². The van der Waals surface area contributed by atoms with E-state index in [2.05, 4.69) is 0 Å². The van der Waals surface area contributed by atoms with Crippen molar-refractivity contribution < 1.29 is 27.7 Å².